The first-order valence-electron chi connectivity index (χ1n) is 8.99. The van der Waals surface area contributed by atoms with E-state index in [0.29, 0.717) is 24.2 Å². The van der Waals surface area contributed by atoms with Crippen molar-refractivity contribution in [2.45, 2.75) is 12.8 Å². The Bertz CT molecular complexity index is 826. The zero-order chi connectivity index (χ0) is 19.2. The van der Waals surface area contributed by atoms with Gasteiger partial charge in [-0.05, 0) is 24.1 Å². The van der Waals surface area contributed by atoms with E-state index < -0.39 is 0 Å². The van der Waals surface area contributed by atoms with Gasteiger partial charge in [-0.3, -0.25) is 19.3 Å². The minimum atomic E-state index is -0.331. The number of nitrogens with zero attached hydrogens (tertiary/aromatic N) is 2. The van der Waals surface area contributed by atoms with E-state index in [1.807, 2.05) is 30.3 Å². The molecule has 3 amide bonds. The summed E-state index contributed by atoms with van der Waals surface area (Å²) in [5.74, 6) is -0.756. The highest BCUT2D eigenvalue weighted by Gasteiger charge is 2.35. The van der Waals surface area contributed by atoms with Crippen molar-refractivity contribution in [3.05, 3.63) is 83.9 Å². The van der Waals surface area contributed by atoms with Gasteiger partial charge in [0.05, 0.1) is 11.1 Å². The van der Waals surface area contributed by atoms with Crippen LogP contribution in [0.15, 0.2) is 67.3 Å². The van der Waals surface area contributed by atoms with Crippen LogP contribution in [0.3, 0.4) is 0 Å². The molecule has 0 saturated heterocycles. The molecule has 138 valence electrons. The summed E-state index contributed by atoms with van der Waals surface area (Å²) in [5, 5.41) is 0. The molecule has 0 aliphatic carbocycles. The summed E-state index contributed by atoms with van der Waals surface area (Å²) in [4.78, 5) is 40.3. The van der Waals surface area contributed by atoms with Gasteiger partial charge < -0.3 is 4.90 Å². The van der Waals surface area contributed by atoms with E-state index in [4.69, 9.17) is 0 Å². The fourth-order valence-corrected chi connectivity index (χ4v) is 3.19. The summed E-state index contributed by atoms with van der Waals surface area (Å²) in [7, 11) is 0. The van der Waals surface area contributed by atoms with E-state index in [2.05, 4.69) is 6.58 Å². The fourth-order valence-electron chi connectivity index (χ4n) is 3.19. The summed E-state index contributed by atoms with van der Waals surface area (Å²) in [5.41, 5.74) is 1.96. The maximum absolute atomic E-state index is 12.6. The molecule has 1 heterocycles. The second-order valence-corrected chi connectivity index (χ2v) is 6.42. The molecule has 0 saturated carbocycles. The van der Waals surface area contributed by atoms with Crippen LogP contribution in [0.1, 0.15) is 32.7 Å². The van der Waals surface area contributed by atoms with Crippen LogP contribution in [-0.2, 0) is 11.2 Å². The Balaban J connectivity index is 1.59. The highest BCUT2D eigenvalue weighted by Crippen LogP contribution is 2.22. The summed E-state index contributed by atoms with van der Waals surface area (Å²) in [6.07, 6.45) is 2.53. The highest BCUT2D eigenvalue weighted by atomic mass is 16.2. The number of hydrogen-bond donors (Lipinski definition) is 0. The Morgan fingerprint density at radius 3 is 2.15 bits per heavy atom. The quantitative estimate of drug-likeness (QED) is 0.536. The molecule has 1 aliphatic heterocycles. The molecule has 1 aliphatic rings. The molecular weight excluding hydrogens is 340 g/mol. The van der Waals surface area contributed by atoms with Crippen LogP contribution in [0, 0.1) is 0 Å². The van der Waals surface area contributed by atoms with Crippen LogP contribution < -0.4 is 0 Å². The van der Waals surface area contributed by atoms with Crippen LogP contribution in [0.2, 0.25) is 0 Å². The van der Waals surface area contributed by atoms with Gasteiger partial charge in [-0.25, -0.2) is 0 Å². The lowest BCUT2D eigenvalue weighted by atomic mass is 10.1. The lowest BCUT2D eigenvalue weighted by Gasteiger charge is -2.22. The zero-order valence-corrected chi connectivity index (χ0v) is 15.1. The summed E-state index contributed by atoms with van der Waals surface area (Å²) < 4.78 is 0. The minimum absolute atomic E-state index is 0.0875. The molecule has 0 bridgehead atoms. The van der Waals surface area contributed by atoms with Gasteiger partial charge in [-0.15, -0.1) is 6.58 Å². The molecule has 2 aromatic rings. The molecule has 0 fully saturated rings. The molecule has 0 atom stereocenters. The molecule has 5 nitrogen and oxygen atoms in total. The number of carbonyl (C=O) groups excluding carboxylic acids is 3. The zero-order valence-electron chi connectivity index (χ0n) is 15.1. The van der Waals surface area contributed by atoms with Crippen LogP contribution in [0.4, 0.5) is 0 Å². The SMILES string of the molecule is C=CCN(CCc1ccccc1)C(=O)CCN1C(=O)c2ccccc2C1=O. The molecular formula is C22H22N2O3. The van der Waals surface area contributed by atoms with Crippen molar-refractivity contribution in [3.63, 3.8) is 0 Å². The molecule has 0 radical (unpaired) electrons. The van der Waals surface area contributed by atoms with E-state index in [-0.39, 0.29) is 30.7 Å². The Hall–Kier alpha value is -3.21. The van der Waals surface area contributed by atoms with Gasteiger partial charge >= 0.3 is 0 Å². The first kappa shape index (κ1) is 18.6. The second-order valence-electron chi connectivity index (χ2n) is 6.42. The molecule has 3 rings (SSSR count). The Morgan fingerprint density at radius 1 is 0.963 bits per heavy atom. The molecule has 0 spiro atoms. The second kappa shape index (κ2) is 8.45. The third kappa shape index (κ3) is 4.14. The highest BCUT2D eigenvalue weighted by molar-refractivity contribution is 6.21. The van der Waals surface area contributed by atoms with Crippen LogP contribution >= 0.6 is 0 Å². The van der Waals surface area contributed by atoms with E-state index in [0.717, 1.165) is 16.9 Å². The van der Waals surface area contributed by atoms with E-state index in [1.54, 1.807) is 35.2 Å². The summed E-state index contributed by atoms with van der Waals surface area (Å²) >= 11 is 0. The van der Waals surface area contributed by atoms with Crippen molar-refractivity contribution in [2.75, 3.05) is 19.6 Å². The number of rotatable bonds is 8. The maximum atomic E-state index is 12.6. The van der Waals surface area contributed by atoms with Crippen molar-refractivity contribution < 1.29 is 14.4 Å². The van der Waals surface area contributed by atoms with Gasteiger partial charge in [0.2, 0.25) is 5.91 Å². The first-order valence-corrected chi connectivity index (χ1v) is 8.99. The van der Waals surface area contributed by atoms with Crippen molar-refractivity contribution in [3.8, 4) is 0 Å². The van der Waals surface area contributed by atoms with Crippen molar-refractivity contribution in [2.24, 2.45) is 0 Å². The lowest BCUT2D eigenvalue weighted by Crippen LogP contribution is -2.37. The van der Waals surface area contributed by atoms with Crippen LogP contribution in [0.25, 0.3) is 0 Å². The average Bonchev–Trinajstić information content (AvgIpc) is 2.94. The first-order chi connectivity index (χ1) is 13.1. The molecule has 5 heteroatoms. The molecule has 0 aromatic heterocycles. The minimum Gasteiger partial charge on any atom is -0.339 e. The summed E-state index contributed by atoms with van der Waals surface area (Å²) in [6, 6.07) is 16.7. The third-order valence-corrected chi connectivity index (χ3v) is 4.64. The number of carbonyl (C=O) groups is 3. The topological polar surface area (TPSA) is 57.7 Å². The lowest BCUT2D eigenvalue weighted by molar-refractivity contribution is -0.130. The smallest absolute Gasteiger partial charge is 0.261 e. The van der Waals surface area contributed by atoms with Crippen molar-refractivity contribution in [1.82, 2.24) is 9.80 Å². The predicted octanol–water partition coefficient (Wildman–Crippen LogP) is 2.93. The Morgan fingerprint density at radius 2 is 1.56 bits per heavy atom. The molecule has 0 N–H and O–H groups in total. The van der Waals surface area contributed by atoms with Gasteiger partial charge in [0.15, 0.2) is 0 Å². The molecule has 27 heavy (non-hydrogen) atoms. The van der Waals surface area contributed by atoms with Crippen molar-refractivity contribution >= 4 is 17.7 Å². The van der Waals surface area contributed by atoms with Gasteiger partial charge in [0.25, 0.3) is 11.8 Å². The van der Waals surface area contributed by atoms with Gasteiger partial charge in [0.1, 0.15) is 0 Å². The van der Waals surface area contributed by atoms with Crippen LogP contribution in [-0.4, -0.2) is 47.2 Å². The van der Waals surface area contributed by atoms with E-state index in [1.165, 1.54) is 0 Å². The van der Waals surface area contributed by atoms with Crippen LogP contribution in [0.5, 0.6) is 0 Å². The number of benzene rings is 2. The average molecular weight is 362 g/mol. The number of imide groups is 1. The standard InChI is InChI=1S/C22H22N2O3/c1-2-14-23(15-12-17-8-4-3-5-9-17)20(25)13-16-24-21(26)18-10-6-7-11-19(18)22(24)27/h2-11H,1,12-16H2. The molecule has 0 unspecified atom stereocenters. The monoisotopic (exact) mass is 362 g/mol. The Labute approximate surface area is 158 Å². The number of fused-ring (bicyclic) bond motifs is 1. The third-order valence-electron chi connectivity index (χ3n) is 4.64. The predicted molar refractivity (Wildman–Crippen MR) is 103 cm³/mol. The maximum Gasteiger partial charge on any atom is 0.261 e. The van der Waals surface area contributed by atoms with Gasteiger partial charge in [-0.2, -0.15) is 0 Å². The summed E-state index contributed by atoms with van der Waals surface area (Å²) in [6.45, 7) is 4.81. The normalized spacial score (nSPS) is 12.8. The van der Waals surface area contributed by atoms with Gasteiger partial charge in [0, 0.05) is 26.1 Å². The van der Waals surface area contributed by atoms with E-state index >= 15 is 0 Å². The largest absolute Gasteiger partial charge is 0.339 e. The fraction of sp³-hybridized carbons (Fsp3) is 0.227. The number of amides is 3. The van der Waals surface area contributed by atoms with Gasteiger partial charge in [-0.1, -0.05) is 48.5 Å². The molecule has 2 aromatic carbocycles. The van der Waals surface area contributed by atoms with E-state index in [9.17, 15) is 14.4 Å². The number of hydrogen-bond acceptors (Lipinski definition) is 3. The Kier molecular flexibility index (Phi) is 5.81. The van der Waals surface area contributed by atoms with Crippen molar-refractivity contribution in [1.29, 1.82) is 0 Å².